The molecule has 0 bridgehead atoms. The van der Waals surface area contributed by atoms with E-state index in [1.54, 1.807) is 24.3 Å². The molecular formula is C22H19N3O3S. The zero-order valence-corrected chi connectivity index (χ0v) is 16.8. The summed E-state index contributed by atoms with van der Waals surface area (Å²) >= 11 is 1.37. The summed E-state index contributed by atoms with van der Waals surface area (Å²) in [5, 5.41) is 13.8. The molecule has 1 aromatic heterocycles. The van der Waals surface area contributed by atoms with Crippen LogP contribution in [0.3, 0.4) is 0 Å². The average Bonchev–Trinajstić information content (AvgIpc) is 3.19. The molecule has 0 atom stereocenters. The highest BCUT2D eigenvalue weighted by Crippen LogP contribution is 2.28. The van der Waals surface area contributed by atoms with Crippen molar-refractivity contribution in [3.05, 3.63) is 65.0 Å². The molecule has 0 saturated heterocycles. The van der Waals surface area contributed by atoms with Crippen LogP contribution in [0, 0.1) is 18.3 Å². The molecule has 1 amide bonds. The molecule has 3 aromatic rings. The Morgan fingerprint density at radius 1 is 1.24 bits per heavy atom. The summed E-state index contributed by atoms with van der Waals surface area (Å²) < 4.78 is 10.5. The van der Waals surface area contributed by atoms with Gasteiger partial charge in [0, 0.05) is 17.0 Å². The van der Waals surface area contributed by atoms with E-state index in [1.807, 2.05) is 42.6 Å². The zero-order chi connectivity index (χ0) is 20.6. The quantitative estimate of drug-likeness (QED) is 0.577. The lowest BCUT2D eigenvalue weighted by molar-refractivity contribution is -0.111. The standard InChI is InChI=1S/C22H19N3O3S/c1-15-3-7-17(8-4-15)18-14-29-22(24-18)25-21(26)10-6-16-5-9-19(28-12-11-23)20(13-16)27-2/h3-10,13-14H,12H2,1-2H3,(H,24,25,26)/b10-6+. The van der Waals surface area contributed by atoms with Crippen molar-refractivity contribution < 1.29 is 14.3 Å². The minimum atomic E-state index is -0.279. The van der Waals surface area contributed by atoms with Gasteiger partial charge in [-0.3, -0.25) is 10.1 Å². The summed E-state index contributed by atoms with van der Waals surface area (Å²) in [6.07, 6.45) is 3.10. The molecule has 0 saturated carbocycles. The van der Waals surface area contributed by atoms with Crippen LogP contribution in [0.4, 0.5) is 5.13 Å². The number of nitrogens with one attached hydrogen (secondary N) is 1. The number of nitrogens with zero attached hydrogens (tertiary/aromatic N) is 2. The van der Waals surface area contributed by atoms with Gasteiger partial charge >= 0.3 is 0 Å². The van der Waals surface area contributed by atoms with Crippen LogP contribution in [0.25, 0.3) is 17.3 Å². The van der Waals surface area contributed by atoms with Crippen molar-refractivity contribution in [2.75, 3.05) is 19.0 Å². The molecule has 29 heavy (non-hydrogen) atoms. The SMILES string of the molecule is COc1cc(/C=C/C(=O)Nc2nc(-c3ccc(C)cc3)cs2)ccc1OCC#N. The highest BCUT2D eigenvalue weighted by atomic mass is 32.1. The number of carbonyl (C=O) groups excluding carboxylic acids is 1. The van der Waals surface area contributed by atoms with Crippen molar-refractivity contribution in [3.63, 3.8) is 0 Å². The number of aromatic nitrogens is 1. The molecule has 0 unspecified atom stereocenters. The lowest BCUT2D eigenvalue weighted by Crippen LogP contribution is -2.07. The van der Waals surface area contributed by atoms with Gasteiger partial charge in [-0.25, -0.2) is 4.98 Å². The van der Waals surface area contributed by atoms with E-state index < -0.39 is 0 Å². The highest BCUT2D eigenvalue weighted by molar-refractivity contribution is 7.14. The van der Waals surface area contributed by atoms with Crippen molar-refractivity contribution in [1.29, 1.82) is 5.26 Å². The fraction of sp³-hybridized carbons (Fsp3) is 0.136. The number of benzene rings is 2. The molecular weight excluding hydrogens is 386 g/mol. The van der Waals surface area contributed by atoms with Gasteiger partial charge in [-0.05, 0) is 30.7 Å². The number of nitriles is 1. The first-order valence-corrected chi connectivity index (χ1v) is 9.66. The van der Waals surface area contributed by atoms with Gasteiger partial charge in [0.1, 0.15) is 6.07 Å². The van der Waals surface area contributed by atoms with Gasteiger partial charge in [0.2, 0.25) is 5.91 Å². The summed E-state index contributed by atoms with van der Waals surface area (Å²) in [6, 6.07) is 15.2. The van der Waals surface area contributed by atoms with Crippen molar-refractivity contribution >= 4 is 28.5 Å². The number of methoxy groups -OCH3 is 1. The highest BCUT2D eigenvalue weighted by Gasteiger charge is 2.07. The fourth-order valence-corrected chi connectivity index (χ4v) is 3.25. The molecule has 0 fully saturated rings. The smallest absolute Gasteiger partial charge is 0.250 e. The van der Waals surface area contributed by atoms with E-state index in [-0.39, 0.29) is 12.5 Å². The van der Waals surface area contributed by atoms with E-state index in [1.165, 1.54) is 30.1 Å². The molecule has 3 rings (SSSR count). The summed E-state index contributed by atoms with van der Waals surface area (Å²) in [5.74, 6) is 0.686. The van der Waals surface area contributed by atoms with E-state index in [0.717, 1.165) is 16.8 Å². The van der Waals surface area contributed by atoms with Gasteiger partial charge < -0.3 is 9.47 Å². The van der Waals surface area contributed by atoms with E-state index >= 15 is 0 Å². The predicted molar refractivity (Wildman–Crippen MR) is 114 cm³/mol. The molecule has 1 N–H and O–H groups in total. The molecule has 0 spiro atoms. The van der Waals surface area contributed by atoms with Crippen LogP contribution >= 0.6 is 11.3 Å². The minimum absolute atomic E-state index is 0.0632. The maximum Gasteiger partial charge on any atom is 0.250 e. The lowest BCUT2D eigenvalue weighted by Gasteiger charge is -2.08. The topological polar surface area (TPSA) is 84.2 Å². The molecule has 146 valence electrons. The molecule has 2 aromatic carbocycles. The van der Waals surface area contributed by atoms with Gasteiger partial charge in [0.15, 0.2) is 23.2 Å². The largest absolute Gasteiger partial charge is 0.493 e. The number of hydrogen-bond donors (Lipinski definition) is 1. The Kier molecular flexibility index (Phi) is 6.61. The maximum atomic E-state index is 12.2. The molecule has 0 aliphatic heterocycles. The van der Waals surface area contributed by atoms with Crippen LogP contribution in [-0.4, -0.2) is 24.6 Å². The number of anilines is 1. The van der Waals surface area contributed by atoms with Crippen LogP contribution in [0.5, 0.6) is 11.5 Å². The molecule has 1 heterocycles. The number of aryl methyl sites for hydroxylation is 1. The van der Waals surface area contributed by atoms with E-state index in [0.29, 0.717) is 16.6 Å². The first-order valence-electron chi connectivity index (χ1n) is 8.78. The van der Waals surface area contributed by atoms with Gasteiger partial charge in [0.05, 0.1) is 12.8 Å². The Balaban J connectivity index is 1.64. The number of ether oxygens (including phenoxy) is 2. The van der Waals surface area contributed by atoms with Crippen LogP contribution < -0.4 is 14.8 Å². The molecule has 0 aliphatic carbocycles. The third-order valence-corrected chi connectivity index (χ3v) is 4.75. The first kappa shape index (κ1) is 20.1. The molecule has 0 radical (unpaired) electrons. The van der Waals surface area contributed by atoms with Crippen molar-refractivity contribution in [2.45, 2.75) is 6.92 Å². The summed E-state index contributed by atoms with van der Waals surface area (Å²) in [7, 11) is 1.52. The van der Waals surface area contributed by atoms with Gasteiger partial charge in [-0.1, -0.05) is 35.9 Å². The first-order chi connectivity index (χ1) is 14.1. The van der Waals surface area contributed by atoms with Crippen molar-refractivity contribution in [3.8, 4) is 28.8 Å². The Morgan fingerprint density at radius 2 is 2.03 bits per heavy atom. The van der Waals surface area contributed by atoms with Crippen molar-refractivity contribution in [1.82, 2.24) is 4.98 Å². The Bertz CT molecular complexity index is 1070. The Morgan fingerprint density at radius 3 is 2.76 bits per heavy atom. The van der Waals surface area contributed by atoms with Gasteiger partial charge in [-0.2, -0.15) is 5.26 Å². The van der Waals surface area contributed by atoms with Crippen molar-refractivity contribution in [2.24, 2.45) is 0 Å². The van der Waals surface area contributed by atoms with Gasteiger partial charge in [-0.15, -0.1) is 11.3 Å². The summed E-state index contributed by atoms with van der Waals surface area (Å²) in [5.41, 5.74) is 3.78. The number of carbonyl (C=O) groups is 1. The summed E-state index contributed by atoms with van der Waals surface area (Å²) in [4.78, 5) is 16.7. The average molecular weight is 405 g/mol. The Hall–Kier alpha value is -3.63. The number of amides is 1. The maximum absolute atomic E-state index is 12.2. The second-order valence-electron chi connectivity index (χ2n) is 6.08. The predicted octanol–water partition coefficient (Wildman–Crippen LogP) is 4.68. The van der Waals surface area contributed by atoms with Crippen LogP contribution in [0.15, 0.2) is 53.9 Å². The second kappa shape index (κ2) is 9.53. The summed E-state index contributed by atoms with van der Waals surface area (Å²) in [6.45, 7) is 1.97. The van der Waals surface area contributed by atoms with Crippen LogP contribution in [0.2, 0.25) is 0 Å². The third kappa shape index (κ3) is 5.43. The number of thiazole rings is 1. The minimum Gasteiger partial charge on any atom is -0.493 e. The fourth-order valence-electron chi connectivity index (χ4n) is 2.52. The normalized spacial score (nSPS) is 10.5. The molecule has 6 nitrogen and oxygen atoms in total. The molecule has 0 aliphatic rings. The second-order valence-corrected chi connectivity index (χ2v) is 6.94. The zero-order valence-electron chi connectivity index (χ0n) is 16.0. The van der Waals surface area contributed by atoms with Crippen LogP contribution in [0.1, 0.15) is 11.1 Å². The lowest BCUT2D eigenvalue weighted by atomic mass is 10.1. The van der Waals surface area contributed by atoms with E-state index in [2.05, 4.69) is 10.3 Å². The van der Waals surface area contributed by atoms with E-state index in [9.17, 15) is 4.79 Å². The van der Waals surface area contributed by atoms with Crippen LogP contribution in [-0.2, 0) is 4.79 Å². The monoisotopic (exact) mass is 405 g/mol. The van der Waals surface area contributed by atoms with Gasteiger partial charge in [0.25, 0.3) is 0 Å². The number of rotatable bonds is 7. The molecule has 7 heteroatoms. The third-order valence-electron chi connectivity index (χ3n) is 3.99. The Labute approximate surface area is 173 Å². The van der Waals surface area contributed by atoms with E-state index in [4.69, 9.17) is 14.7 Å². The number of hydrogen-bond acceptors (Lipinski definition) is 6.